The van der Waals surface area contributed by atoms with Crippen LogP contribution >= 0.6 is 0 Å². The Morgan fingerprint density at radius 1 is 0.950 bits per heavy atom. The van der Waals surface area contributed by atoms with E-state index < -0.39 is 11.6 Å². The van der Waals surface area contributed by atoms with E-state index in [2.05, 4.69) is 10.3 Å². The molecule has 20 heavy (non-hydrogen) atoms. The summed E-state index contributed by atoms with van der Waals surface area (Å²) in [5.41, 5.74) is 0.867. The fourth-order valence-electron chi connectivity index (χ4n) is 2.19. The molecule has 0 aliphatic carbocycles. The fraction of sp³-hybridized carbons (Fsp3) is 0.0625. The van der Waals surface area contributed by atoms with Gasteiger partial charge in [0.15, 0.2) is 0 Å². The summed E-state index contributed by atoms with van der Waals surface area (Å²) >= 11 is 0. The van der Waals surface area contributed by atoms with Crippen LogP contribution in [0.25, 0.3) is 10.8 Å². The van der Waals surface area contributed by atoms with Crippen LogP contribution in [-0.2, 0) is 6.54 Å². The van der Waals surface area contributed by atoms with Crippen LogP contribution < -0.4 is 5.32 Å². The Balaban J connectivity index is 1.91. The van der Waals surface area contributed by atoms with E-state index in [1.54, 1.807) is 12.4 Å². The molecular formula is C16H12F2N2. The highest BCUT2D eigenvalue weighted by Gasteiger charge is 2.08. The first kappa shape index (κ1) is 12.5. The first-order valence-electron chi connectivity index (χ1n) is 6.25. The highest BCUT2D eigenvalue weighted by molar-refractivity contribution is 5.84. The Kier molecular flexibility index (Phi) is 3.29. The van der Waals surface area contributed by atoms with E-state index in [9.17, 15) is 8.78 Å². The number of para-hydroxylation sites is 1. The van der Waals surface area contributed by atoms with Gasteiger partial charge in [0.25, 0.3) is 0 Å². The molecule has 0 spiro atoms. The van der Waals surface area contributed by atoms with Crippen molar-refractivity contribution in [2.45, 2.75) is 6.54 Å². The molecule has 2 aromatic carbocycles. The van der Waals surface area contributed by atoms with Crippen LogP contribution in [-0.4, -0.2) is 4.98 Å². The highest BCUT2D eigenvalue weighted by atomic mass is 19.1. The summed E-state index contributed by atoms with van der Waals surface area (Å²) in [6.07, 6.45) is 3.47. The maximum absolute atomic E-state index is 13.6. The van der Waals surface area contributed by atoms with E-state index in [-0.39, 0.29) is 5.69 Å². The van der Waals surface area contributed by atoms with Gasteiger partial charge in [0.2, 0.25) is 0 Å². The Morgan fingerprint density at radius 3 is 2.50 bits per heavy atom. The lowest BCUT2D eigenvalue weighted by Crippen LogP contribution is -2.04. The Hall–Kier alpha value is -2.49. The number of hydrogen-bond acceptors (Lipinski definition) is 2. The molecule has 0 fully saturated rings. The molecule has 2 nitrogen and oxygen atoms in total. The molecule has 0 aliphatic heterocycles. The number of anilines is 1. The van der Waals surface area contributed by atoms with Crippen LogP contribution in [0.15, 0.2) is 54.9 Å². The predicted octanol–water partition coefficient (Wildman–Crippen LogP) is 4.13. The van der Waals surface area contributed by atoms with Gasteiger partial charge >= 0.3 is 0 Å². The average Bonchev–Trinajstić information content (AvgIpc) is 2.47. The van der Waals surface area contributed by atoms with Gasteiger partial charge in [-0.1, -0.05) is 24.3 Å². The molecule has 1 N–H and O–H groups in total. The number of nitrogens with zero attached hydrogens (tertiary/aromatic N) is 1. The molecule has 0 saturated heterocycles. The summed E-state index contributed by atoms with van der Waals surface area (Å²) in [7, 11) is 0. The van der Waals surface area contributed by atoms with E-state index in [0.29, 0.717) is 6.54 Å². The molecule has 3 rings (SSSR count). The molecule has 0 saturated carbocycles. The first-order chi connectivity index (χ1) is 9.75. The molecular weight excluding hydrogens is 258 g/mol. The smallest absolute Gasteiger partial charge is 0.149 e. The number of aromatic nitrogens is 1. The number of halogens is 2. The molecule has 0 atom stereocenters. The molecule has 1 heterocycles. The van der Waals surface area contributed by atoms with E-state index in [1.165, 1.54) is 18.2 Å². The molecule has 0 bridgehead atoms. The number of benzene rings is 2. The average molecular weight is 270 g/mol. The number of pyridine rings is 1. The number of nitrogens with one attached hydrogen (secondary N) is 1. The van der Waals surface area contributed by atoms with Crippen molar-refractivity contribution in [1.82, 2.24) is 4.98 Å². The summed E-state index contributed by atoms with van der Waals surface area (Å²) in [6, 6.07) is 11.5. The van der Waals surface area contributed by atoms with Gasteiger partial charge in [-0.2, -0.15) is 0 Å². The van der Waals surface area contributed by atoms with Crippen LogP contribution in [0.1, 0.15) is 5.56 Å². The quantitative estimate of drug-likeness (QED) is 0.774. The van der Waals surface area contributed by atoms with Crippen LogP contribution in [0.2, 0.25) is 0 Å². The maximum Gasteiger partial charge on any atom is 0.149 e. The molecule has 0 unspecified atom stereocenters. The summed E-state index contributed by atoms with van der Waals surface area (Å²) < 4.78 is 27.1. The Bertz CT molecular complexity index is 731. The van der Waals surface area contributed by atoms with Crippen molar-refractivity contribution in [1.29, 1.82) is 0 Å². The number of hydrogen-bond donors (Lipinski definition) is 1. The lowest BCUT2D eigenvalue weighted by Gasteiger charge is -2.10. The molecule has 1 aromatic heterocycles. The summed E-state index contributed by atoms with van der Waals surface area (Å²) in [6.45, 7) is 0.346. The first-order valence-corrected chi connectivity index (χ1v) is 6.25. The van der Waals surface area contributed by atoms with Gasteiger partial charge in [-0.25, -0.2) is 8.78 Å². The van der Waals surface area contributed by atoms with Gasteiger partial charge in [0, 0.05) is 24.3 Å². The van der Waals surface area contributed by atoms with Gasteiger partial charge in [0.05, 0.1) is 0 Å². The zero-order valence-corrected chi connectivity index (χ0v) is 10.6. The molecule has 3 aromatic rings. The van der Waals surface area contributed by atoms with Crippen molar-refractivity contribution in [3.63, 3.8) is 0 Å². The fourth-order valence-corrected chi connectivity index (χ4v) is 2.19. The van der Waals surface area contributed by atoms with E-state index in [4.69, 9.17) is 0 Å². The van der Waals surface area contributed by atoms with Crippen molar-refractivity contribution >= 4 is 16.5 Å². The molecule has 0 aliphatic rings. The van der Waals surface area contributed by atoms with Gasteiger partial charge in [0.1, 0.15) is 17.3 Å². The van der Waals surface area contributed by atoms with Gasteiger partial charge in [-0.15, -0.1) is 0 Å². The second kappa shape index (κ2) is 5.25. The second-order valence-electron chi connectivity index (χ2n) is 4.46. The zero-order chi connectivity index (χ0) is 13.9. The monoisotopic (exact) mass is 270 g/mol. The lowest BCUT2D eigenvalue weighted by molar-refractivity contribution is 0.588. The summed E-state index contributed by atoms with van der Waals surface area (Å²) in [5, 5.41) is 4.84. The molecule has 100 valence electrons. The van der Waals surface area contributed by atoms with E-state index >= 15 is 0 Å². The lowest BCUT2D eigenvalue weighted by atomic mass is 10.1. The predicted molar refractivity (Wildman–Crippen MR) is 75.4 cm³/mol. The molecule has 0 radical (unpaired) electrons. The number of rotatable bonds is 3. The third-order valence-corrected chi connectivity index (χ3v) is 3.19. The maximum atomic E-state index is 13.6. The van der Waals surface area contributed by atoms with Crippen LogP contribution in [0, 0.1) is 11.6 Å². The largest absolute Gasteiger partial charge is 0.376 e. The normalized spacial score (nSPS) is 10.7. The standard InChI is InChI=1S/C16H12F2N2/c17-14-5-2-6-15(18)16(14)20-10-12-4-1-3-11-9-19-8-7-13(11)12/h1-9,20H,10H2. The van der Waals surface area contributed by atoms with Crippen molar-refractivity contribution in [3.05, 3.63) is 72.1 Å². The molecule has 0 amide bonds. The minimum absolute atomic E-state index is 0.0986. The van der Waals surface area contributed by atoms with Gasteiger partial charge in [-0.3, -0.25) is 4.98 Å². The minimum atomic E-state index is -0.591. The minimum Gasteiger partial charge on any atom is -0.376 e. The second-order valence-corrected chi connectivity index (χ2v) is 4.46. The van der Waals surface area contributed by atoms with Gasteiger partial charge < -0.3 is 5.32 Å². The topological polar surface area (TPSA) is 24.9 Å². The Morgan fingerprint density at radius 2 is 1.70 bits per heavy atom. The van der Waals surface area contributed by atoms with Crippen LogP contribution in [0.4, 0.5) is 14.5 Å². The van der Waals surface area contributed by atoms with E-state index in [1.807, 2.05) is 24.3 Å². The SMILES string of the molecule is Fc1cccc(F)c1NCc1cccc2cnccc12. The summed E-state index contributed by atoms with van der Waals surface area (Å²) in [4.78, 5) is 4.06. The van der Waals surface area contributed by atoms with Crippen molar-refractivity contribution in [3.8, 4) is 0 Å². The van der Waals surface area contributed by atoms with E-state index in [0.717, 1.165) is 16.3 Å². The van der Waals surface area contributed by atoms with Crippen molar-refractivity contribution in [2.24, 2.45) is 0 Å². The van der Waals surface area contributed by atoms with Crippen LogP contribution in [0.3, 0.4) is 0 Å². The van der Waals surface area contributed by atoms with Crippen molar-refractivity contribution < 1.29 is 8.78 Å². The summed E-state index contributed by atoms with van der Waals surface area (Å²) in [5.74, 6) is -1.18. The zero-order valence-electron chi connectivity index (χ0n) is 10.6. The third-order valence-electron chi connectivity index (χ3n) is 3.19. The highest BCUT2D eigenvalue weighted by Crippen LogP contribution is 2.22. The van der Waals surface area contributed by atoms with Crippen LogP contribution in [0.5, 0.6) is 0 Å². The molecule has 4 heteroatoms. The number of fused-ring (bicyclic) bond motifs is 1. The third kappa shape index (κ3) is 2.32. The Labute approximate surface area is 115 Å². The van der Waals surface area contributed by atoms with Crippen molar-refractivity contribution in [2.75, 3.05) is 5.32 Å². The van der Waals surface area contributed by atoms with Gasteiger partial charge in [-0.05, 0) is 29.1 Å².